The Morgan fingerprint density at radius 2 is 0.458 bits per heavy atom. The molecule has 0 fully saturated rings. The second-order valence-corrected chi connectivity index (χ2v) is 18.2. The number of esters is 3. The average molecular weight is 835 g/mol. The van der Waals surface area contributed by atoms with Crippen molar-refractivity contribution in [2.45, 2.75) is 309 Å². The molecule has 0 heterocycles. The van der Waals surface area contributed by atoms with Crippen LogP contribution in [-0.2, 0) is 28.6 Å². The fraction of sp³-hybridized carbons (Fsp3) is 0.943. The molecule has 6 nitrogen and oxygen atoms in total. The third kappa shape index (κ3) is 47.3. The van der Waals surface area contributed by atoms with Gasteiger partial charge in [0.1, 0.15) is 13.2 Å². The van der Waals surface area contributed by atoms with E-state index in [-0.39, 0.29) is 31.1 Å². The Balaban J connectivity index is 4.29. The molecule has 0 aliphatic carbocycles. The first kappa shape index (κ1) is 57.4. The van der Waals surface area contributed by atoms with E-state index in [1.54, 1.807) is 0 Å². The van der Waals surface area contributed by atoms with Crippen molar-refractivity contribution in [3.63, 3.8) is 0 Å². The lowest BCUT2D eigenvalue weighted by molar-refractivity contribution is -0.167. The van der Waals surface area contributed by atoms with Crippen LogP contribution in [0.3, 0.4) is 0 Å². The maximum absolute atomic E-state index is 12.8. The molecular weight excluding hydrogens is 733 g/mol. The average Bonchev–Trinajstić information content (AvgIpc) is 3.23. The molecule has 0 saturated heterocycles. The van der Waals surface area contributed by atoms with E-state index in [1.807, 2.05) is 0 Å². The zero-order valence-electron chi connectivity index (χ0n) is 40.1. The molecule has 0 saturated carbocycles. The molecule has 0 unspecified atom stereocenters. The summed E-state index contributed by atoms with van der Waals surface area (Å²) in [5.74, 6) is -0.839. The lowest BCUT2D eigenvalue weighted by atomic mass is 10.0. The van der Waals surface area contributed by atoms with Gasteiger partial charge in [-0.1, -0.05) is 265 Å². The van der Waals surface area contributed by atoms with E-state index in [0.717, 1.165) is 57.8 Å². The Labute approximate surface area is 368 Å². The number of carbonyl (C=O) groups excluding carboxylic acids is 3. The summed E-state index contributed by atoms with van der Waals surface area (Å²) < 4.78 is 16.8. The maximum Gasteiger partial charge on any atom is 0.306 e. The third-order valence-electron chi connectivity index (χ3n) is 12.1. The highest BCUT2D eigenvalue weighted by Gasteiger charge is 2.19. The van der Waals surface area contributed by atoms with E-state index in [4.69, 9.17) is 14.2 Å². The number of unbranched alkanes of at least 4 members (excludes halogenated alkanes) is 38. The number of hydrogen-bond donors (Lipinski definition) is 0. The number of carbonyl (C=O) groups is 3. The van der Waals surface area contributed by atoms with Gasteiger partial charge >= 0.3 is 17.9 Å². The van der Waals surface area contributed by atoms with Crippen LogP contribution in [0.1, 0.15) is 303 Å². The molecule has 0 aliphatic heterocycles. The van der Waals surface area contributed by atoms with Gasteiger partial charge in [0.25, 0.3) is 0 Å². The first-order valence-electron chi connectivity index (χ1n) is 26.5. The van der Waals surface area contributed by atoms with Crippen LogP contribution in [0.5, 0.6) is 0 Å². The van der Waals surface area contributed by atoms with E-state index in [1.165, 1.54) is 205 Å². The van der Waals surface area contributed by atoms with Gasteiger partial charge in [0.05, 0.1) is 0 Å². The fourth-order valence-electron chi connectivity index (χ4n) is 8.09. The minimum absolute atomic E-state index is 0.0616. The van der Waals surface area contributed by atoms with Crippen molar-refractivity contribution < 1.29 is 28.6 Å². The highest BCUT2D eigenvalue weighted by atomic mass is 16.6. The van der Waals surface area contributed by atoms with Crippen LogP contribution in [0.25, 0.3) is 0 Å². The molecule has 0 bridgehead atoms. The van der Waals surface area contributed by atoms with Crippen LogP contribution in [0.4, 0.5) is 0 Å². The SMILES string of the molecule is CCCCCCCCCCCCCCCCCC(=O)OC[C@H](COC(=O)CCCCCCCCCCCCC)OC(=O)CCCCCCCCCCCCCCCCC. The molecule has 0 N–H and O–H groups in total. The number of hydrogen-bond acceptors (Lipinski definition) is 6. The van der Waals surface area contributed by atoms with Gasteiger partial charge in [0, 0.05) is 19.3 Å². The fourth-order valence-corrected chi connectivity index (χ4v) is 8.09. The Kier molecular flexibility index (Phi) is 47.7. The van der Waals surface area contributed by atoms with Crippen LogP contribution in [0.15, 0.2) is 0 Å². The van der Waals surface area contributed by atoms with Gasteiger partial charge in [-0.05, 0) is 19.3 Å². The standard InChI is InChI=1S/C53H102O6/c1-4-7-10-13-16-19-22-24-26-28-31-34-37-40-43-46-52(55)58-49-50(48-57-51(54)45-42-39-36-33-30-21-18-15-12-9-6-3)59-53(56)47-44-41-38-35-32-29-27-25-23-20-17-14-11-8-5-2/h50H,4-49H2,1-3H3/t50-/m0/s1. The zero-order valence-corrected chi connectivity index (χ0v) is 40.1. The van der Waals surface area contributed by atoms with Gasteiger partial charge in [-0.2, -0.15) is 0 Å². The Hall–Kier alpha value is -1.59. The molecule has 1 atom stereocenters. The molecule has 0 aromatic rings. The summed E-state index contributed by atoms with van der Waals surface area (Å²) in [4.78, 5) is 37.9. The topological polar surface area (TPSA) is 78.9 Å². The van der Waals surface area contributed by atoms with Crippen molar-refractivity contribution in [1.82, 2.24) is 0 Å². The summed E-state index contributed by atoms with van der Waals surface area (Å²) in [6.45, 7) is 6.68. The summed E-state index contributed by atoms with van der Waals surface area (Å²) >= 11 is 0. The zero-order chi connectivity index (χ0) is 43.0. The highest BCUT2D eigenvalue weighted by molar-refractivity contribution is 5.71. The second-order valence-electron chi connectivity index (χ2n) is 18.2. The van der Waals surface area contributed by atoms with Crippen LogP contribution in [-0.4, -0.2) is 37.2 Å². The normalized spacial score (nSPS) is 11.8. The minimum atomic E-state index is -0.759. The Bertz CT molecular complexity index is 874. The summed E-state index contributed by atoms with van der Waals surface area (Å²) in [6, 6.07) is 0. The van der Waals surface area contributed by atoms with E-state index in [9.17, 15) is 14.4 Å². The molecule has 350 valence electrons. The number of rotatable bonds is 49. The Morgan fingerprint density at radius 1 is 0.271 bits per heavy atom. The molecule has 6 heteroatoms. The molecular formula is C53H102O6. The van der Waals surface area contributed by atoms with Gasteiger partial charge in [-0.25, -0.2) is 0 Å². The predicted molar refractivity (Wildman–Crippen MR) is 252 cm³/mol. The minimum Gasteiger partial charge on any atom is -0.462 e. The quantitative estimate of drug-likeness (QED) is 0.0345. The summed E-state index contributed by atoms with van der Waals surface area (Å²) in [5.41, 5.74) is 0. The lowest BCUT2D eigenvalue weighted by Gasteiger charge is -2.18. The second kappa shape index (κ2) is 49.1. The summed E-state index contributed by atoms with van der Waals surface area (Å²) in [7, 11) is 0. The highest BCUT2D eigenvalue weighted by Crippen LogP contribution is 2.17. The maximum atomic E-state index is 12.8. The molecule has 0 aromatic carbocycles. The third-order valence-corrected chi connectivity index (χ3v) is 12.1. The molecule has 0 radical (unpaired) electrons. The van der Waals surface area contributed by atoms with Gasteiger partial charge in [-0.15, -0.1) is 0 Å². The molecule has 0 amide bonds. The lowest BCUT2D eigenvalue weighted by Crippen LogP contribution is -2.30. The molecule has 0 rings (SSSR count). The predicted octanol–water partition coefficient (Wildman–Crippen LogP) is 17.2. The number of ether oxygens (including phenoxy) is 3. The van der Waals surface area contributed by atoms with Crippen molar-refractivity contribution in [2.75, 3.05) is 13.2 Å². The largest absolute Gasteiger partial charge is 0.462 e. The van der Waals surface area contributed by atoms with Crippen molar-refractivity contribution in [3.05, 3.63) is 0 Å². The van der Waals surface area contributed by atoms with Crippen LogP contribution in [0.2, 0.25) is 0 Å². The first-order chi connectivity index (χ1) is 29.0. The summed E-state index contributed by atoms with van der Waals surface area (Å²) in [5, 5.41) is 0. The smallest absolute Gasteiger partial charge is 0.306 e. The van der Waals surface area contributed by atoms with Gasteiger partial charge in [0.15, 0.2) is 6.10 Å². The first-order valence-corrected chi connectivity index (χ1v) is 26.5. The van der Waals surface area contributed by atoms with Crippen molar-refractivity contribution in [2.24, 2.45) is 0 Å². The van der Waals surface area contributed by atoms with Crippen LogP contribution < -0.4 is 0 Å². The Morgan fingerprint density at radius 3 is 0.678 bits per heavy atom. The van der Waals surface area contributed by atoms with Crippen LogP contribution in [0, 0.1) is 0 Å². The molecule has 0 spiro atoms. The van der Waals surface area contributed by atoms with E-state index >= 15 is 0 Å². The van der Waals surface area contributed by atoms with Gasteiger partial charge < -0.3 is 14.2 Å². The van der Waals surface area contributed by atoms with E-state index < -0.39 is 6.10 Å². The molecule has 0 aromatic heterocycles. The summed E-state index contributed by atoms with van der Waals surface area (Å²) in [6.07, 6.45) is 52.2. The van der Waals surface area contributed by atoms with Crippen molar-refractivity contribution >= 4 is 17.9 Å². The van der Waals surface area contributed by atoms with Crippen LogP contribution >= 0.6 is 0 Å². The molecule has 59 heavy (non-hydrogen) atoms. The molecule has 0 aliphatic rings. The monoisotopic (exact) mass is 835 g/mol. The van der Waals surface area contributed by atoms with E-state index in [2.05, 4.69) is 20.8 Å². The van der Waals surface area contributed by atoms with E-state index in [0.29, 0.717) is 19.3 Å². The van der Waals surface area contributed by atoms with Gasteiger partial charge in [0.2, 0.25) is 0 Å². The van der Waals surface area contributed by atoms with Crippen molar-refractivity contribution in [1.29, 1.82) is 0 Å². The van der Waals surface area contributed by atoms with Gasteiger partial charge in [-0.3, -0.25) is 14.4 Å². The van der Waals surface area contributed by atoms with Crippen molar-refractivity contribution in [3.8, 4) is 0 Å².